The number of hydrogen-bond donors (Lipinski definition) is 0. The molecule has 0 bridgehead atoms. The molecule has 0 saturated carbocycles. The van der Waals surface area contributed by atoms with Gasteiger partial charge < -0.3 is 0 Å². The predicted octanol–water partition coefficient (Wildman–Crippen LogP) is 7.53. The van der Waals surface area contributed by atoms with Gasteiger partial charge in [-0.2, -0.15) is 0 Å². The highest BCUT2D eigenvalue weighted by atomic mass is 15.1. The monoisotopic (exact) mass is 377 g/mol. The summed E-state index contributed by atoms with van der Waals surface area (Å²) in [5.74, 6) is 1.53. The van der Waals surface area contributed by atoms with Crippen molar-refractivity contribution >= 4 is 0 Å². The first-order chi connectivity index (χ1) is 13.3. The van der Waals surface area contributed by atoms with E-state index >= 15 is 0 Å². The molecule has 0 aromatic carbocycles. The van der Waals surface area contributed by atoms with Gasteiger partial charge in [0.1, 0.15) is 12.4 Å². The molecule has 1 aromatic heterocycles. The maximum Gasteiger partial charge on any atom is 0.256 e. The number of imidazole rings is 1. The normalized spacial score (nSPS) is 11.4. The molecule has 0 aliphatic rings. The Labute approximate surface area is 170 Å². The zero-order valence-electron chi connectivity index (χ0n) is 19.0. The van der Waals surface area contributed by atoms with Crippen molar-refractivity contribution in [1.29, 1.82) is 0 Å². The largest absolute Gasteiger partial charge is 0.256 e. The second-order valence-electron chi connectivity index (χ2n) is 8.57. The second kappa shape index (κ2) is 17.3. The first-order valence-corrected chi connectivity index (χ1v) is 12.3. The summed E-state index contributed by atoms with van der Waals surface area (Å²) in [5.41, 5.74) is 0. The quantitative estimate of drug-likeness (QED) is 0.174. The van der Waals surface area contributed by atoms with Crippen molar-refractivity contribution in [1.82, 2.24) is 4.57 Å². The van der Waals surface area contributed by atoms with Crippen LogP contribution < -0.4 is 4.57 Å². The lowest BCUT2D eigenvalue weighted by atomic mass is 10.1. The molecule has 0 aliphatic heterocycles. The summed E-state index contributed by atoms with van der Waals surface area (Å²) in [4.78, 5) is 0. The second-order valence-corrected chi connectivity index (χ2v) is 8.57. The molecule has 0 amide bonds. The van der Waals surface area contributed by atoms with Crippen molar-refractivity contribution in [2.24, 2.45) is 7.05 Å². The molecule has 0 spiro atoms. The van der Waals surface area contributed by atoms with E-state index in [0.717, 1.165) is 0 Å². The molecule has 158 valence electrons. The molecular formula is C25H49N2+. The Bertz CT molecular complexity index is 436. The van der Waals surface area contributed by atoms with Crippen LogP contribution in [0.3, 0.4) is 0 Å². The van der Waals surface area contributed by atoms with Gasteiger partial charge in [-0.3, -0.25) is 0 Å². The van der Waals surface area contributed by atoms with E-state index in [1.165, 1.54) is 128 Å². The van der Waals surface area contributed by atoms with Crippen LogP contribution in [0, 0.1) is 0 Å². The van der Waals surface area contributed by atoms with Crippen LogP contribution in [0.15, 0.2) is 12.4 Å². The first kappa shape index (κ1) is 24.2. The summed E-state index contributed by atoms with van der Waals surface area (Å²) in [6.07, 6.45) is 29.8. The van der Waals surface area contributed by atoms with E-state index in [4.69, 9.17) is 0 Å². The van der Waals surface area contributed by atoms with E-state index in [9.17, 15) is 0 Å². The van der Waals surface area contributed by atoms with Gasteiger partial charge in [-0.25, -0.2) is 9.13 Å². The zero-order valence-corrected chi connectivity index (χ0v) is 19.0. The van der Waals surface area contributed by atoms with Crippen molar-refractivity contribution in [2.75, 3.05) is 0 Å². The number of rotatable bonds is 19. The average molecular weight is 378 g/mol. The van der Waals surface area contributed by atoms with Gasteiger partial charge >= 0.3 is 0 Å². The summed E-state index contributed by atoms with van der Waals surface area (Å²) < 4.78 is 4.86. The summed E-state index contributed by atoms with van der Waals surface area (Å²) >= 11 is 0. The molecule has 0 aliphatic carbocycles. The number of nitrogens with zero attached hydrogens (tertiary/aromatic N) is 2. The van der Waals surface area contributed by atoms with Crippen LogP contribution in [0.2, 0.25) is 0 Å². The van der Waals surface area contributed by atoms with E-state index in [1.54, 1.807) is 0 Å². The SMILES string of the molecule is CCCCCCCCCCCCn1cc[n+](C)c1CCCCCCCCC. The molecule has 0 N–H and O–H groups in total. The highest BCUT2D eigenvalue weighted by Gasteiger charge is 2.13. The molecule has 2 nitrogen and oxygen atoms in total. The molecule has 0 unspecified atom stereocenters. The number of aromatic nitrogens is 2. The Hall–Kier alpha value is -0.790. The Balaban J connectivity index is 2.07. The Morgan fingerprint density at radius 3 is 1.59 bits per heavy atom. The van der Waals surface area contributed by atoms with Crippen LogP contribution in [-0.4, -0.2) is 4.57 Å². The smallest absolute Gasteiger partial charge is 0.237 e. The molecule has 0 saturated heterocycles. The molecular weight excluding hydrogens is 328 g/mol. The topological polar surface area (TPSA) is 8.81 Å². The number of hydrogen-bond acceptors (Lipinski definition) is 0. The molecule has 0 fully saturated rings. The minimum absolute atomic E-state index is 1.21. The van der Waals surface area contributed by atoms with Crippen molar-refractivity contribution in [3.63, 3.8) is 0 Å². The lowest BCUT2D eigenvalue weighted by Gasteiger charge is -2.05. The molecule has 2 heteroatoms. The number of aryl methyl sites for hydroxylation is 2. The van der Waals surface area contributed by atoms with Crippen molar-refractivity contribution in [2.45, 2.75) is 136 Å². The maximum atomic E-state index is 2.52. The molecule has 1 rings (SSSR count). The van der Waals surface area contributed by atoms with E-state index in [2.05, 4.69) is 42.4 Å². The molecule has 27 heavy (non-hydrogen) atoms. The Morgan fingerprint density at radius 1 is 0.630 bits per heavy atom. The highest BCUT2D eigenvalue weighted by Crippen LogP contribution is 2.12. The minimum Gasteiger partial charge on any atom is -0.237 e. The van der Waals surface area contributed by atoms with Gasteiger partial charge in [-0.1, -0.05) is 104 Å². The van der Waals surface area contributed by atoms with Crippen molar-refractivity contribution in [3.05, 3.63) is 18.2 Å². The van der Waals surface area contributed by atoms with Crippen LogP contribution >= 0.6 is 0 Å². The van der Waals surface area contributed by atoms with Gasteiger partial charge in [0.25, 0.3) is 5.82 Å². The first-order valence-electron chi connectivity index (χ1n) is 12.3. The van der Waals surface area contributed by atoms with Crippen LogP contribution in [0.5, 0.6) is 0 Å². The lowest BCUT2D eigenvalue weighted by molar-refractivity contribution is -0.678. The maximum absolute atomic E-state index is 2.52. The summed E-state index contributed by atoms with van der Waals surface area (Å²) in [6.45, 7) is 5.80. The predicted molar refractivity (Wildman–Crippen MR) is 119 cm³/mol. The minimum atomic E-state index is 1.21. The van der Waals surface area contributed by atoms with Gasteiger partial charge in [-0.05, 0) is 19.3 Å². The Morgan fingerprint density at radius 2 is 1.07 bits per heavy atom. The van der Waals surface area contributed by atoms with Crippen LogP contribution in [0.25, 0.3) is 0 Å². The Kier molecular flexibility index (Phi) is 15.6. The molecule has 1 aromatic rings. The fraction of sp³-hybridized carbons (Fsp3) is 0.880. The van der Waals surface area contributed by atoms with Crippen LogP contribution in [-0.2, 0) is 20.0 Å². The fourth-order valence-electron chi connectivity index (χ4n) is 4.09. The van der Waals surface area contributed by atoms with E-state index < -0.39 is 0 Å². The third-order valence-corrected chi connectivity index (χ3v) is 5.97. The van der Waals surface area contributed by atoms with Crippen molar-refractivity contribution < 1.29 is 4.57 Å². The standard InChI is InChI=1S/C25H49N2/c1-4-6-8-10-12-13-14-16-18-20-22-27-24-23-26(3)25(27)21-19-17-15-11-9-7-5-2/h23-24H,4-22H2,1-3H3/q+1. The fourth-order valence-corrected chi connectivity index (χ4v) is 4.09. The van der Waals surface area contributed by atoms with Crippen molar-refractivity contribution in [3.8, 4) is 0 Å². The molecule has 0 atom stereocenters. The van der Waals surface area contributed by atoms with Crippen LogP contribution in [0.4, 0.5) is 0 Å². The molecule has 1 heterocycles. The van der Waals surface area contributed by atoms with Gasteiger partial charge in [0.05, 0.1) is 13.6 Å². The number of unbranched alkanes of at least 4 members (excludes halogenated alkanes) is 15. The van der Waals surface area contributed by atoms with Gasteiger partial charge in [0.2, 0.25) is 0 Å². The third-order valence-electron chi connectivity index (χ3n) is 5.97. The average Bonchev–Trinajstić information content (AvgIpc) is 3.02. The summed E-state index contributed by atoms with van der Waals surface area (Å²) in [7, 11) is 2.21. The summed E-state index contributed by atoms with van der Waals surface area (Å²) in [6, 6.07) is 0. The van der Waals surface area contributed by atoms with E-state index in [1.807, 2.05) is 0 Å². The van der Waals surface area contributed by atoms with Gasteiger partial charge in [0, 0.05) is 6.42 Å². The summed E-state index contributed by atoms with van der Waals surface area (Å²) in [5, 5.41) is 0. The lowest BCUT2D eigenvalue weighted by Crippen LogP contribution is -2.32. The third kappa shape index (κ3) is 12.3. The van der Waals surface area contributed by atoms with E-state index in [-0.39, 0.29) is 0 Å². The van der Waals surface area contributed by atoms with Gasteiger partial charge in [0.15, 0.2) is 0 Å². The highest BCUT2D eigenvalue weighted by molar-refractivity contribution is 4.84. The van der Waals surface area contributed by atoms with Gasteiger partial charge in [-0.15, -0.1) is 0 Å². The molecule has 0 radical (unpaired) electrons. The zero-order chi connectivity index (χ0) is 19.6. The van der Waals surface area contributed by atoms with E-state index in [0.29, 0.717) is 0 Å². The van der Waals surface area contributed by atoms with Crippen LogP contribution in [0.1, 0.15) is 129 Å².